The van der Waals surface area contributed by atoms with Gasteiger partial charge in [-0.1, -0.05) is 36.4 Å². The lowest BCUT2D eigenvalue weighted by molar-refractivity contribution is -0.196. The maximum Gasteiger partial charge on any atom is 0.316 e. The highest BCUT2D eigenvalue weighted by atomic mass is 127. The van der Waals surface area contributed by atoms with Gasteiger partial charge in [-0.15, -0.1) is 0 Å². The Balaban J connectivity index is 1.66. The summed E-state index contributed by atoms with van der Waals surface area (Å²) in [5.74, 6) is 1.70. The predicted octanol–water partition coefficient (Wildman–Crippen LogP) is 4.54. The second-order valence-electron chi connectivity index (χ2n) is 11.4. The van der Waals surface area contributed by atoms with Crippen molar-refractivity contribution in [2.45, 2.75) is 84.3 Å². The average molecular weight is 581 g/mol. The molecule has 0 aliphatic heterocycles. The summed E-state index contributed by atoms with van der Waals surface area (Å²) in [4.78, 5) is 25.0. The van der Waals surface area contributed by atoms with Gasteiger partial charge in [-0.2, -0.15) is 8.42 Å². The summed E-state index contributed by atoms with van der Waals surface area (Å²) in [6, 6.07) is 0. The quantitative estimate of drug-likeness (QED) is 0.206. The molecule has 0 saturated heterocycles. The lowest BCUT2D eigenvalue weighted by Gasteiger charge is -2.62. The lowest BCUT2D eigenvalue weighted by Crippen LogP contribution is -2.60. The minimum absolute atomic E-state index is 0.00780. The molecule has 0 radical (unpaired) electrons. The summed E-state index contributed by atoms with van der Waals surface area (Å²) in [5, 5.41) is 0. The zero-order chi connectivity index (χ0) is 23.5. The SMILES string of the molecule is CC(=O)[C@H]1CC[C@H]2[C@@H]3CCC4CC(OS(C)(=O)=O)CC[C@]4(C)[C@H]3C(OC(=O)CI)C[C@]12C. The van der Waals surface area contributed by atoms with Gasteiger partial charge in [0.05, 0.1) is 16.8 Å². The normalized spacial score (nSPS) is 46.0. The Bertz CT molecular complexity index is 874. The standard InChI is InChI=1S/C24H37IO6S/c1-14(26)18-7-8-19-17-6-5-15-11-16(31-32(4,28)29)9-10-23(15,2)22(17)20(12-24(18,19)3)30-21(27)13-25/h15-20,22H,5-13H2,1-4H3/t15?,16?,17-,18+,19-,20?,22+,23-,24+/m0/s1. The van der Waals surface area contributed by atoms with Crippen LogP contribution in [0.15, 0.2) is 0 Å². The molecule has 4 aliphatic rings. The van der Waals surface area contributed by atoms with Crippen molar-refractivity contribution in [3.05, 3.63) is 0 Å². The first-order chi connectivity index (χ1) is 14.9. The van der Waals surface area contributed by atoms with Crippen LogP contribution in [-0.4, -0.2) is 43.1 Å². The summed E-state index contributed by atoms with van der Waals surface area (Å²) in [5.41, 5.74) is -0.116. The molecule has 4 aliphatic carbocycles. The van der Waals surface area contributed by atoms with E-state index in [0.29, 0.717) is 28.6 Å². The molecule has 4 rings (SSSR count). The zero-order valence-electron chi connectivity index (χ0n) is 19.6. The lowest BCUT2D eigenvalue weighted by atomic mass is 9.43. The Kier molecular flexibility index (Phi) is 6.82. The molecule has 4 saturated carbocycles. The third kappa shape index (κ3) is 4.30. The van der Waals surface area contributed by atoms with Crippen LogP contribution < -0.4 is 0 Å². The van der Waals surface area contributed by atoms with Crippen LogP contribution in [0, 0.1) is 40.4 Å². The van der Waals surface area contributed by atoms with E-state index < -0.39 is 10.1 Å². The number of hydrogen-bond acceptors (Lipinski definition) is 6. The van der Waals surface area contributed by atoms with Crippen molar-refractivity contribution in [3.8, 4) is 0 Å². The number of carbonyl (C=O) groups is 2. The fourth-order valence-electron chi connectivity index (χ4n) is 8.62. The second kappa shape index (κ2) is 8.77. The molecule has 32 heavy (non-hydrogen) atoms. The van der Waals surface area contributed by atoms with E-state index >= 15 is 0 Å². The van der Waals surface area contributed by atoms with E-state index in [1.54, 1.807) is 6.92 Å². The predicted molar refractivity (Wildman–Crippen MR) is 130 cm³/mol. The van der Waals surface area contributed by atoms with E-state index in [4.69, 9.17) is 8.92 Å². The number of hydrogen-bond donors (Lipinski definition) is 0. The number of carbonyl (C=O) groups excluding carboxylic acids is 2. The molecule has 0 aromatic heterocycles. The Morgan fingerprint density at radius 1 is 1.06 bits per heavy atom. The number of fused-ring (bicyclic) bond motifs is 5. The van der Waals surface area contributed by atoms with Gasteiger partial charge < -0.3 is 4.74 Å². The maximum absolute atomic E-state index is 12.5. The van der Waals surface area contributed by atoms with Crippen LogP contribution in [-0.2, 0) is 28.6 Å². The first-order valence-electron chi connectivity index (χ1n) is 12.0. The highest BCUT2D eigenvalue weighted by Gasteiger charge is 2.64. The fourth-order valence-corrected chi connectivity index (χ4v) is 9.47. The molecule has 3 unspecified atom stereocenters. The first kappa shape index (κ1) is 24.9. The second-order valence-corrected chi connectivity index (χ2v) is 13.7. The number of rotatable bonds is 5. The van der Waals surface area contributed by atoms with Gasteiger partial charge in [0.1, 0.15) is 11.9 Å². The van der Waals surface area contributed by atoms with Crippen LogP contribution in [0.2, 0.25) is 0 Å². The van der Waals surface area contributed by atoms with Gasteiger partial charge >= 0.3 is 5.97 Å². The molecule has 8 heteroatoms. The first-order valence-corrected chi connectivity index (χ1v) is 15.4. The van der Waals surface area contributed by atoms with Gasteiger partial charge in [-0.05, 0) is 86.9 Å². The highest BCUT2D eigenvalue weighted by Crippen LogP contribution is 2.68. The molecule has 182 valence electrons. The van der Waals surface area contributed by atoms with Gasteiger partial charge in [0.25, 0.3) is 10.1 Å². The zero-order valence-corrected chi connectivity index (χ0v) is 22.6. The van der Waals surface area contributed by atoms with Crippen molar-refractivity contribution in [2.75, 3.05) is 10.7 Å². The molecule has 0 heterocycles. The molecule has 0 aromatic carbocycles. The molecular formula is C24H37IO6S. The number of ether oxygens (including phenoxy) is 1. The van der Waals surface area contributed by atoms with Gasteiger partial charge in [0.15, 0.2) is 0 Å². The Morgan fingerprint density at radius 2 is 1.78 bits per heavy atom. The minimum Gasteiger partial charge on any atom is -0.461 e. The van der Waals surface area contributed by atoms with Crippen molar-refractivity contribution in [1.82, 2.24) is 0 Å². The van der Waals surface area contributed by atoms with Crippen LogP contribution in [0.5, 0.6) is 0 Å². The Labute approximate surface area is 206 Å². The average Bonchev–Trinajstić information content (AvgIpc) is 3.03. The topological polar surface area (TPSA) is 86.7 Å². The Hall–Kier alpha value is -0.220. The largest absolute Gasteiger partial charge is 0.461 e. The summed E-state index contributed by atoms with van der Waals surface area (Å²) in [7, 11) is -3.47. The van der Waals surface area contributed by atoms with E-state index in [1.165, 1.54) is 0 Å². The molecular weight excluding hydrogens is 543 g/mol. The van der Waals surface area contributed by atoms with Crippen molar-refractivity contribution >= 4 is 44.5 Å². The van der Waals surface area contributed by atoms with E-state index in [2.05, 4.69) is 36.4 Å². The summed E-state index contributed by atoms with van der Waals surface area (Å²) >= 11 is 2.06. The van der Waals surface area contributed by atoms with Crippen LogP contribution in [0.3, 0.4) is 0 Å². The molecule has 0 bridgehead atoms. The molecule has 0 N–H and O–H groups in total. The molecule has 0 spiro atoms. The van der Waals surface area contributed by atoms with Crippen molar-refractivity contribution in [1.29, 1.82) is 0 Å². The van der Waals surface area contributed by atoms with E-state index in [0.717, 1.165) is 51.2 Å². The van der Waals surface area contributed by atoms with Crippen molar-refractivity contribution in [3.63, 3.8) is 0 Å². The van der Waals surface area contributed by atoms with Crippen molar-refractivity contribution < 1.29 is 26.9 Å². The highest BCUT2D eigenvalue weighted by molar-refractivity contribution is 14.1. The third-order valence-electron chi connectivity index (χ3n) is 9.72. The van der Waals surface area contributed by atoms with Crippen molar-refractivity contribution in [2.24, 2.45) is 40.4 Å². The Morgan fingerprint density at radius 3 is 2.41 bits per heavy atom. The van der Waals surface area contributed by atoms with Gasteiger partial charge in [0, 0.05) is 11.8 Å². The number of halogens is 1. The third-order valence-corrected chi connectivity index (χ3v) is 11.0. The van der Waals surface area contributed by atoms with E-state index in [9.17, 15) is 18.0 Å². The van der Waals surface area contributed by atoms with Crippen LogP contribution in [0.1, 0.15) is 72.1 Å². The van der Waals surface area contributed by atoms with Gasteiger partial charge in [-0.3, -0.25) is 13.8 Å². The molecule has 0 amide bonds. The van der Waals surface area contributed by atoms with Gasteiger partial charge in [-0.25, -0.2) is 0 Å². The minimum atomic E-state index is -3.47. The monoisotopic (exact) mass is 580 g/mol. The van der Waals surface area contributed by atoms with E-state index in [-0.39, 0.29) is 46.6 Å². The molecule has 6 nitrogen and oxygen atoms in total. The number of alkyl halides is 1. The maximum atomic E-state index is 12.5. The van der Waals surface area contributed by atoms with E-state index in [1.807, 2.05) is 0 Å². The summed E-state index contributed by atoms with van der Waals surface area (Å²) in [6.45, 7) is 6.33. The summed E-state index contributed by atoms with van der Waals surface area (Å²) in [6.07, 6.45) is 7.93. The molecule has 9 atom stereocenters. The number of esters is 1. The smallest absolute Gasteiger partial charge is 0.316 e. The van der Waals surface area contributed by atoms with Crippen LogP contribution in [0.4, 0.5) is 0 Å². The van der Waals surface area contributed by atoms with Crippen LogP contribution in [0.25, 0.3) is 0 Å². The summed E-state index contributed by atoms with van der Waals surface area (Å²) < 4.78 is 35.3. The van der Waals surface area contributed by atoms with Gasteiger partial charge in [0.2, 0.25) is 0 Å². The molecule has 0 aromatic rings. The molecule has 4 fully saturated rings. The fraction of sp³-hybridized carbons (Fsp3) is 0.917. The number of Topliss-reactive ketones (excluding diaryl/α,β-unsaturated/α-hetero) is 1. The van der Waals surface area contributed by atoms with Crippen LogP contribution >= 0.6 is 22.6 Å². The number of ketones is 1.